The van der Waals surface area contributed by atoms with E-state index in [1.165, 1.54) is 12.1 Å². The molecule has 1 fully saturated rings. The van der Waals surface area contributed by atoms with E-state index in [-0.39, 0.29) is 28.2 Å². The van der Waals surface area contributed by atoms with Gasteiger partial charge >= 0.3 is 5.69 Å². The average Bonchev–Trinajstić information content (AvgIpc) is 2.62. The van der Waals surface area contributed by atoms with Gasteiger partial charge < -0.3 is 4.90 Å². The topological polar surface area (TPSA) is 63.5 Å². The molecule has 1 aromatic carbocycles. The Balaban J connectivity index is 2.37. The van der Waals surface area contributed by atoms with Gasteiger partial charge in [-0.3, -0.25) is 14.9 Å². The summed E-state index contributed by atoms with van der Waals surface area (Å²) in [6, 6.07) is 4.55. The normalized spacial score (nSPS) is 19.5. The van der Waals surface area contributed by atoms with Crippen LogP contribution in [-0.4, -0.2) is 39.8 Å². The maximum Gasteiger partial charge on any atom is 0.300 e. The Morgan fingerprint density at radius 3 is 2.95 bits per heavy atom. The van der Waals surface area contributed by atoms with Crippen LogP contribution in [0.4, 0.5) is 5.69 Å². The van der Waals surface area contributed by atoms with Crippen LogP contribution >= 0.6 is 23.4 Å². The molecule has 7 heteroatoms. The number of nitro benzene ring substituents is 1. The molecular formula is C13H15ClN2O3S. The molecule has 1 aliphatic rings. The number of carbonyl (C=O) groups is 1. The summed E-state index contributed by atoms with van der Waals surface area (Å²) in [6.45, 7) is 2.58. The van der Waals surface area contributed by atoms with Crippen molar-refractivity contribution in [2.24, 2.45) is 0 Å². The Hall–Kier alpha value is -1.27. The van der Waals surface area contributed by atoms with Crippen molar-refractivity contribution < 1.29 is 9.72 Å². The number of thioether (sulfide) groups is 1. The average molecular weight is 315 g/mol. The maximum atomic E-state index is 12.6. The summed E-state index contributed by atoms with van der Waals surface area (Å²) in [5, 5.41) is 11.1. The highest BCUT2D eigenvalue weighted by Gasteiger charge is 2.30. The monoisotopic (exact) mass is 314 g/mol. The predicted octanol–water partition coefficient (Wildman–Crippen LogP) is 3.22. The van der Waals surface area contributed by atoms with Crippen LogP contribution in [0.5, 0.6) is 0 Å². The zero-order chi connectivity index (χ0) is 14.7. The summed E-state index contributed by atoms with van der Waals surface area (Å²) in [6.07, 6.45) is 0.894. The molecule has 108 valence electrons. The van der Waals surface area contributed by atoms with Crippen LogP contribution in [0, 0.1) is 10.1 Å². The molecule has 0 bridgehead atoms. The second kappa shape index (κ2) is 6.45. The van der Waals surface area contributed by atoms with Crippen LogP contribution in [-0.2, 0) is 0 Å². The van der Waals surface area contributed by atoms with Gasteiger partial charge in [-0.2, -0.15) is 11.8 Å². The van der Waals surface area contributed by atoms with Crippen LogP contribution in [0.2, 0.25) is 5.02 Å². The van der Waals surface area contributed by atoms with Crippen molar-refractivity contribution in [3.05, 3.63) is 38.9 Å². The van der Waals surface area contributed by atoms with E-state index in [2.05, 4.69) is 0 Å². The fourth-order valence-electron chi connectivity index (χ4n) is 2.22. The first-order valence-electron chi connectivity index (χ1n) is 6.34. The van der Waals surface area contributed by atoms with Gasteiger partial charge in [0.15, 0.2) is 0 Å². The van der Waals surface area contributed by atoms with Crippen molar-refractivity contribution in [1.82, 2.24) is 4.90 Å². The minimum Gasteiger partial charge on any atom is -0.335 e. The quantitative estimate of drug-likeness (QED) is 0.621. The molecule has 0 radical (unpaired) electrons. The number of nitro groups is 1. The largest absolute Gasteiger partial charge is 0.335 e. The van der Waals surface area contributed by atoms with Crippen molar-refractivity contribution >= 4 is 35.0 Å². The van der Waals surface area contributed by atoms with Gasteiger partial charge in [-0.1, -0.05) is 17.7 Å². The van der Waals surface area contributed by atoms with E-state index in [1.807, 2.05) is 6.92 Å². The molecular weight excluding hydrogens is 300 g/mol. The second-order valence-electron chi connectivity index (χ2n) is 4.64. The number of rotatable bonds is 2. The minimum absolute atomic E-state index is 0.00213. The van der Waals surface area contributed by atoms with E-state index in [0.29, 0.717) is 6.54 Å². The zero-order valence-electron chi connectivity index (χ0n) is 11.0. The van der Waals surface area contributed by atoms with Crippen LogP contribution in [0.3, 0.4) is 0 Å². The Kier molecular flexibility index (Phi) is 4.88. The molecule has 1 amide bonds. The van der Waals surface area contributed by atoms with Crippen LogP contribution in [0.25, 0.3) is 0 Å². The number of para-hydroxylation sites is 1. The van der Waals surface area contributed by atoms with Gasteiger partial charge in [0.1, 0.15) is 10.6 Å². The second-order valence-corrected chi connectivity index (χ2v) is 6.27. The molecule has 5 nitrogen and oxygen atoms in total. The van der Waals surface area contributed by atoms with Crippen molar-refractivity contribution in [1.29, 1.82) is 0 Å². The number of carbonyl (C=O) groups excluding carboxylic acids is 1. The summed E-state index contributed by atoms with van der Waals surface area (Å²) in [5.41, 5.74) is -0.232. The van der Waals surface area contributed by atoms with Crippen molar-refractivity contribution in [2.75, 3.05) is 18.1 Å². The highest BCUT2D eigenvalue weighted by Crippen LogP contribution is 2.30. The summed E-state index contributed by atoms with van der Waals surface area (Å²) in [5.74, 6) is 1.54. The Morgan fingerprint density at radius 2 is 2.25 bits per heavy atom. The minimum atomic E-state index is -0.590. The van der Waals surface area contributed by atoms with Gasteiger partial charge in [0.25, 0.3) is 5.91 Å². The highest BCUT2D eigenvalue weighted by atomic mass is 35.5. The van der Waals surface area contributed by atoms with Gasteiger partial charge in [-0.25, -0.2) is 0 Å². The maximum absolute atomic E-state index is 12.6. The number of benzene rings is 1. The van der Waals surface area contributed by atoms with E-state index in [0.717, 1.165) is 17.9 Å². The van der Waals surface area contributed by atoms with E-state index in [9.17, 15) is 14.9 Å². The molecule has 2 rings (SSSR count). The highest BCUT2D eigenvalue weighted by molar-refractivity contribution is 7.99. The summed E-state index contributed by atoms with van der Waals surface area (Å²) in [4.78, 5) is 24.8. The zero-order valence-corrected chi connectivity index (χ0v) is 12.6. The number of amides is 1. The van der Waals surface area contributed by atoms with Crippen molar-refractivity contribution in [3.63, 3.8) is 0 Å². The molecule has 0 saturated carbocycles. The molecule has 1 saturated heterocycles. The van der Waals surface area contributed by atoms with E-state index < -0.39 is 4.92 Å². The van der Waals surface area contributed by atoms with E-state index >= 15 is 0 Å². The van der Waals surface area contributed by atoms with Gasteiger partial charge in [0, 0.05) is 18.3 Å². The molecule has 0 aromatic heterocycles. The third-order valence-corrected chi connectivity index (χ3v) is 4.65. The SMILES string of the molecule is C[C@H]1CCSCCN1C(=O)c1cccc(Cl)c1[N+](=O)[O-]. The van der Waals surface area contributed by atoms with E-state index in [1.54, 1.807) is 22.7 Å². The van der Waals surface area contributed by atoms with E-state index in [4.69, 9.17) is 11.6 Å². The molecule has 1 heterocycles. The molecule has 1 aromatic rings. The molecule has 20 heavy (non-hydrogen) atoms. The molecule has 1 atom stereocenters. The number of hydrogen-bond donors (Lipinski definition) is 0. The lowest BCUT2D eigenvalue weighted by molar-refractivity contribution is -0.385. The lowest BCUT2D eigenvalue weighted by Crippen LogP contribution is -2.39. The predicted molar refractivity (Wildman–Crippen MR) is 80.5 cm³/mol. The molecule has 1 aliphatic heterocycles. The Labute approximate surface area is 126 Å². The molecule has 0 N–H and O–H groups in total. The summed E-state index contributed by atoms with van der Waals surface area (Å²) < 4.78 is 0. The third-order valence-electron chi connectivity index (χ3n) is 3.35. The van der Waals surface area contributed by atoms with Gasteiger partial charge in [-0.15, -0.1) is 0 Å². The fraction of sp³-hybridized carbons (Fsp3) is 0.462. The Bertz CT molecular complexity index is 538. The summed E-state index contributed by atoms with van der Waals surface area (Å²) in [7, 11) is 0. The van der Waals surface area contributed by atoms with Crippen LogP contribution in [0.15, 0.2) is 18.2 Å². The summed E-state index contributed by atoms with van der Waals surface area (Å²) >= 11 is 7.66. The van der Waals surface area contributed by atoms with Gasteiger partial charge in [-0.05, 0) is 31.2 Å². The Morgan fingerprint density at radius 1 is 1.50 bits per heavy atom. The van der Waals surface area contributed by atoms with Crippen LogP contribution < -0.4 is 0 Å². The van der Waals surface area contributed by atoms with Crippen LogP contribution in [0.1, 0.15) is 23.7 Å². The fourth-order valence-corrected chi connectivity index (χ4v) is 3.51. The standard InChI is InChI=1S/C13H15ClN2O3S/c1-9-5-7-20-8-6-15(9)13(17)10-3-2-4-11(14)12(10)16(18)19/h2-4,9H,5-8H2,1H3/t9-/m0/s1. The molecule has 0 spiro atoms. The number of hydrogen-bond acceptors (Lipinski definition) is 4. The van der Waals surface area contributed by atoms with Gasteiger partial charge in [0.2, 0.25) is 0 Å². The molecule has 0 unspecified atom stereocenters. The smallest absolute Gasteiger partial charge is 0.300 e. The lowest BCUT2D eigenvalue weighted by Gasteiger charge is -2.26. The number of halogens is 1. The van der Waals surface area contributed by atoms with Crippen molar-refractivity contribution in [3.8, 4) is 0 Å². The third kappa shape index (κ3) is 3.07. The van der Waals surface area contributed by atoms with Crippen molar-refractivity contribution in [2.45, 2.75) is 19.4 Å². The first-order valence-corrected chi connectivity index (χ1v) is 7.87. The lowest BCUT2D eigenvalue weighted by atomic mass is 10.1. The first-order chi connectivity index (χ1) is 9.52. The van der Waals surface area contributed by atoms with Gasteiger partial charge in [0.05, 0.1) is 4.92 Å². The first kappa shape index (κ1) is 15.1. The molecule has 0 aliphatic carbocycles. The number of nitrogens with zero attached hydrogens (tertiary/aromatic N) is 2.